The molecule has 0 aliphatic heterocycles. The first-order valence-corrected chi connectivity index (χ1v) is 20.0. The van der Waals surface area contributed by atoms with Gasteiger partial charge in [-0.05, 0) is 38.5 Å². The molecule has 0 saturated heterocycles. The molecule has 0 radical (unpaired) electrons. The van der Waals surface area contributed by atoms with Crippen molar-refractivity contribution < 1.29 is 37.9 Å². The number of carbonyl (C=O) groups excluding carboxylic acids is 2. The summed E-state index contributed by atoms with van der Waals surface area (Å²) in [6, 6.07) is 0. The molecule has 0 aromatic carbocycles. The van der Waals surface area contributed by atoms with Crippen molar-refractivity contribution in [2.75, 3.05) is 13.2 Å². The molecule has 266 valence electrons. The minimum atomic E-state index is -4.74. The number of hydrogen-bond donors (Lipinski definition) is 2. The molecule has 9 heteroatoms. The Morgan fingerprint density at radius 2 is 0.933 bits per heavy atom. The summed E-state index contributed by atoms with van der Waals surface area (Å²) in [5.74, 6) is -0.888. The highest BCUT2D eigenvalue weighted by Gasteiger charge is 2.22. The van der Waals surface area contributed by atoms with Crippen LogP contribution in [0.3, 0.4) is 0 Å². The minimum absolute atomic E-state index is 0.215. The molecule has 0 fully saturated rings. The Balaban J connectivity index is 3.96. The van der Waals surface area contributed by atoms with Crippen LogP contribution in [0.4, 0.5) is 0 Å². The van der Waals surface area contributed by atoms with Gasteiger partial charge in [-0.15, -0.1) is 0 Å². The van der Waals surface area contributed by atoms with E-state index in [1.807, 2.05) is 0 Å². The number of allylic oxidation sites excluding steroid dienone is 2. The van der Waals surface area contributed by atoms with Gasteiger partial charge in [0, 0.05) is 12.8 Å². The highest BCUT2D eigenvalue weighted by molar-refractivity contribution is 7.46. The largest absolute Gasteiger partial charge is 0.469 e. The van der Waals surface area contributed by atoms with Gasteiger partial charge >= 0.3 is 19.8 Å². The first-order chi connectivity index (χ1) is 21.8. The highest BCUT2D eigenvalue weighted by atomic mass is 31.2. The molecular weight excluding hydrogens is 591 g/mol. The average Bonchev–Trinajstić information content (AvgIpc) is 3.00. The van der Waals surface area contributed by atoms with Crippen LogP contribution in [0.5, 0.6) is 0 Å². The van der Waals surface area contributed by atoms with Gasteiger partial charge < -0.3 is 19.3 Å². The summed E-state index contributed by atoms with van der Waals surface area (Å²) in [7, 11) is -4.74. The Kier molecular flexibility index (Phi) is 31.8. The number of rotatable bonds is 34. The van der Waals surface area contributed by atoms with Crippen LogP contribution < -0.4 is 0 Å². The maximum absolute atomic E-state index is 12.3. The lowest BCUT2D eigenvalue weighted by Crippen LogP contribution is -2.29. The number of unbranched alkanes of at least 4 members (excludes halogenated alkanes) is 22. The van der Waals surface area contributed by atoms with E-state index in [0.29, 0.717) is 6.42 Å². The quantitative estimate of drug-likeness (QED) is 0.0303. The minimum Gasteiger partial charge on any atom is -0.462 e. The SMILES string of the molecule is CCCCCCCC/C=C/CCCCCCCC(=O)OC[C@H](COP(=O)(O)O)OC(=O)CCCCCCCCCCCCCC. The topological polar surface area (TPSA) is 119 Å². The molecule has 0 rings (SSSR count). The van der Waals surface area contributed by atoms with Crippen LogP contribution in [-0.2, 0) is 28.2 Å². The average molecular weight is 661 g/mol. The fourth-order valence-electron chi connectivity index (χ4n) is 5.25. The molecule has 0 spiro atoms. The van der Waals surface area contributed by atoms with Crippen LogP contribution in [0.2, 0.25) is 0 Å². The molecule has 0 aliphatic rings. The zero-order chi connectivity index (χ0) is 33.3. The fourth-order valence-corrected chi connectivity index (χ4v) is 5.61. The molecule has 0 aliphatic carbocycles. The predicted molar refractivity (Wildman–Crippen MR) is 184 cm³/mol. The van der Waals surface area contributed by atoms with E-state index in [1.165, 1.54) is 96.3 Å². The lowest BCUT2D eigenvalue weighted by molar-refractivity contribution is -0.161. The van der Waals surface area contributed by atoms with Crippen LogP contribution >= 0.6 is 7.82 Å². The molecule has 45 heavy (non-hydrogen) atoms. The number of esters is 2. The van der Waals surface area contributed by atoms with Crippen molar-refractivity contribution in [3.05, 3.63) is 12.2 Å². The summed E-state index contributed by atoms with van der Waals surface area (Å²) >= 11 is 0. The Hall–Kier alpha value is -1.21. The van der Waals surface area contributed by atoms with Gasteiger partial charge in [-0.1, -0.05) is 148 Å². The van der Waals surface area contributed by atoms with Crippen molar-refractivity contribution in [2.45, 2.75) is 193 Å². The van der Waals surface area contributed by atoms with Crippen molar-refractivity contribution in [1.29, 1.82) is 0 Å². The van der Waals surface area contributed by atoms with Gasteiger partial charge in [-0.25, -0.2) is 4.57 Å². The molecule has 8 nitrogen and oxygen atoms in total. The van der Waals surface area contributed by atoms with Crippen molar-refractivity contribution in [2.24, 2.45) is 0 Å². The monoisotopic (exact) mass is 660 g/mol. The fraction of sp³-hybridized carbons (Fsp3) is 0.889. The molecule has 0 aromatic heterocycles. The Morgan fingerprint density at radius 1 is 0.556 bits per heavy atom. The lowest BCUT2D eigenvalue weighted by atomic mass is 10.0. The predicted octanol–water partition coefficient (Wildman–Crippen LogP) is 10.7. The number of carbonyl (C=O) groups is 2. The van der Waals surface area contributed by atoms with Gasteiger partial charge in [0.25, 0.3) is 0 Å². The Bertz CT molecular complexity index is 751. The molecule has 0 amide bonds. The normalized spacial score (nSPS) is 12.5. The van der Waals surface area contributed by atoms with Crippen molar-refractivity contribution in [3.8, 4) is 0 Å². The Morgan fingerprint density at radius 3 is 1.36 bits per heavy atom. The third-order valence-corrected chi connectivity index (χ3v) is 8.52. The van der Waals surface area contributed by atoms with Gasteiger partial charge in [0.05, 0.1) is 6.61 Å². The van der Waals surface area contributed by atoms with E-state index in [4.69, 9.17) is 19.3 Å². The van der Waals surface area contributed by atoms with E-state index in [-0.39, 0.29) is 19.4 Å². The maximum Gasteiger partial charge on any atom is 0.469 e. The zero-order valence-electron chi connectivity index (χ0n) is 29.0. The van der Waals surface area contributed by atoms with E-state index in [0.717, 1.165) is 57.8 Å². The molecule has 0 saturated carbocycles. The van der Waals surface area contributed by atoms with E-state index in [1.54, 1.807) is 0 Å². The van der Waals surface area contributed by atoms with Crippen molar-refractivity contribution >= 4 is 19.8 Å². The van der Waals surface area contributed by atoms with Crippen LogP contribution in [0.1, 0.15) is 187 Å². The third kappa shape index (κ3) is 35.5. The number of hydrogen-bond acceptors (Lipinski definition) is 6. The van der Waals surface area contributed by atoms with Crippen molar-refractivity contribution in [1.82, 2.24) is 0 Å². The molecular formula is C36H69O8P. The summed E-state index contributed by atoms with van der Waals surface area (Å²) in [5, 5.41) is 0. The van der Waals surface area contributed by atoms with Gasteiger partial charge in [0.1, 0.15) is 6.61 Å². The van der Waals surface area contributed by atoms with E-state index < -0.39 is 32.5 Å². The van der Waals surface area contributed by atoms with Gasteiger partial charge in [-0.3, -0.25) is 14.1 Å². The van der Waals surface area contributed by atoms with Crippen LogP contribution in [0, 0.1) is 0 Å². The van der Waals surface area contributed by atoms with E-state index >= 15 is 0 Å². The smallest absolute Gasteiger partial charge is 0.462 e. The van der Waals surface area contributed by atoms with Gasteiger partial charge in [0.2, 0.25) is 0 Å². The second-order valence-corrected chi connectivity index (χ2v) is 13.8. The molecule has 2 N–H and O–H groups in total. The second-order valence-electron chi connectivity index (χ2n) is 12.6. The summed E-state index contributed by atoms with van der Waals surface area (Å²) in [6.07, 6.45) is 33.6. The first kappa shape index (κ1) is 43.8. The van der Waals surface area contributed by atoms with E-state index in [2.05, 4.69) is 30.5 Å². The summed E-state index contributed by atoms with van der Waals surface area (Å²) in [6.45, 7) is 3.66. The lowest BCUT2D eigenvalue weighted by Gasteiger charge is -2.18. The molecule has 0 aromatic rings. The number of ether oxygens (including phenoxy) is 2. The number of phosphoric acid groups is 1. The van der Waals surface area contributed by atoms with Crippen LogP contribution in [0.15, 0.2) is 12.2 Å². The van der Waals surface area contributed by atoms with Crippen LogP contribution in [0.25, 0.3) is 0 Å². The second kappa shape index (κ2) is 32.7. The highest BCUT2D eigenvalue weighted by Crippen LogP contribution is 2.36. The summed E-state index contributed by atoms with van der Waals surface area (Å²) in [5.41, 5.74) is 0. The van der Waals surface area contributed by atoms with Gasteiger partial charge in [0.15, 0.2) is 6.10 Å². The first-order valence-electron chi connectivity index (χ1n) is 18.5. The molecule has 0 unspecified atom stereocenters. The number of phosphoric ester groups is 1. The standard InChI is InChI=1S/C36H69O8P/c1-3-5-7-9-11-13-15-17-18-19-21-22-24-26-28-30-35(37)42-32-34(33-43-45(39,40)41)44-36(38)31-29-27-25-23-20-16-14-12-10-8-6-4-2/h17-18,34H,3-16,19-33H2,1-2H3,(H2,39,40,41)/b18-17+/t34-/m1/s1. The third-order valence-electron chi connectivity index (χ3n) is 8.03. The summed E-state index contributed by atoms with van der Waals surface area (Å²) < 4.78 is 26.3. The molecule has 0 heterocycles. The Labute approximate surface area is 276 Å². The zero-order valence-corrected chi connectivity index (χ0v) is 29.9. The maximum atomic E-state index is 12.3. The summed E-state index contributed by atoms with van der Waals surface area (Å²) in [4.78, 5) is 42.6. The molecule has 0 bridgehead atoms. The van der Waals surface area contributed by atoms with E-state index in [9.17, 15) is 14.2 Å². The molecule has 1 atom stereocenters. The van der Waals surface area contributed by atoms with Crippen molar-refractivity contribution in [3.63, 3.8) is 0 Å². The van der Waals surface area contributed by atoms with Gasteiger partial charge in [-0.2, -0.15) is 0 Å². The van der Waals surface area contributed by atoms with Crippen LogP contribution in [-0.4, -0.2) is 41.0 Å².